The van der Waals surface area contributed by atoms with Crippen LogP contribution in [0.5, 0.6) is 0 Å². The highest BCUT2D eigenvalue weighted by Gasteiger charge is 2.30. The molecule has 3 aromatic carbocycles. The Morgan fingerprint density at radius 1 is 0.974 bits per heavy atom. The largest absolute Gasteiger partial charge is 0.355 e. The number of likely N-dealkylation sites (N-methyl/N-ethyl adjacent to an activating group) is 1. The number of carbonyl (C=O) groups is 2. The molecule has 3 rings (SSSR count). The predicted octanol–water partition coefficient (Wildman–Crippen LogP) is 4.80. The Labute approximate surface area is 234 Å². The monoisotopic (exact) mass is 573 g/mol. The van der Waals surface area contributed by atoms with Crippen molar-refractivity contribution in [2.75, 3.05) is 23.7 Å². The second-order valence-electron chi connectivity index (χ2n) is 9.14. The number of amides is 2. The lowest BCUT2D eigenvalue weighted by molar-refractivity contribution is -0.141. The van der Waals surface area contributed by atoms with Gasteiger partial charge in [0.05, 0.1) is 11.9 Å². The lowest BCUT2D eigenvalue weighted by atomic mass is 10.0. The average Bonchev–Trinajstić information content (AvgIpc) is 2.89. The van der Waals surface area contributed by atoms with Gasteiger partial charge in [-0.1, -0.05) is 66.2 Å². The number of hydrogen-bond acceptors (Lipinski definition) is 4. The summed E-state index contributed by atoms with van der Waals surface area (Å²) < 4.78 is 40.2. The Morgan fingerprint density at radius 3 is 2.28 bits per heavy atom. The molecule has 0 radical (unpaired) electrons. The van der Waals surface area contributed by atoms with E-state index in [4.69, 9.17) is 11.6 Å². The molecule has 10 heteroatoms. The van der Waals surface area contributed by atoms with Gasteiger partial charge in [0.1, 0.15) is 11.9 Å². The van der Waals surface area contributed by atoms with Crippen molar-refractivity contribution in [3.63, 3.8) is 0 Å². The first kappa shape index (κ1) is 30.1. The molecule has 0 heterocycles. The molecule has 2 amide bonds. The number of rotatable bonds is 13. The zero-order valence-electron chi connectivity index (χ0n) is 22.0. The second-order valence-corrected chi connectivity index (χ2v) is 11.5. The van der Waals surface area contributed by atoms with Crippen LogP contribution >= 0.6 is 11.6 Å². The number of nitrogens with one attached hydrogen (secondary N) is 1. The highest BCUT2D eigenvalue weighted by atomic mass is 35.5. The molecule has 0 aromatic heterocycles. The van der Waals surface area contributed by atoms with E-state index in [1.807, 2.05) is 43.3 Å². The van der Waals surface area contributed by atoms with E-state index in [0.29, 0.717) is 18.0 Å². The van der Waals surface area contributed by atoms with Crippen LogP contribution in [0.4, 0.5) is 10.1 Å². The quantitative estimate of drug-likeness (QED) is 0.318. The van der Waals surface area contributed by atoms with E-state index in [2.05, 4.69) is 5.32 Å². The molecule has 0 saturated carbocycles. The van der Waals surface area contributed by atoms with Crippen molar-refractivity contribution in [1.82, 2.24) is 10.2 Å². The fraction of sp³-hybridized carbons (Fsp3) is 0.310. The normalized spacial score (nSPS) is 12.0. The van der Waals surface area contributed by atoms with Gasteiger partial charge >= 0.3 is 0 Å². The summed E-state index contributed by atoms with van der Waals surface area (Å²) in [6.07, 6.45) is 1.37. The molecule has 0 aliphatic carbocycles. The highest BCUT2D eigenvalue weighted by molar-refractivity contribution is 7.92. The molecule has 0 aliphatic heterocycles. The van der Waals surface area contributed by atoms with Crippen molar-refractivity contribution in [1.29, 1.82) is 0 Å². The van der Waals surface area contributed by atoms with Crippen molar-refractivity contribution in [2.24, 2.45) is 0 Å². The summed E-state index contributed by atoms with van der Waals surface area (Å²) in [5, 5.41) is 3.34. The van der Waals surface area contributed by atoms with Crippen LogP contribution in [0, 0.1) is 5.82 Å². The van der Waals surface area contributed by atoms with Gasteiger partial charge in [-0.3, -0.25) is 13.9 Å². The summed E-state index contributed by atoms with van der Waals surface area (Å²) in [5.41, 5.74) is 1.57. The Hall–Kier alpha value is -3.43. The smallest absolute Gasteiger partial charge is 0.243 e. The maximum Gasteiger partial charge on any atom is 0.243 e. The Kier molecular flexibility index (Phi) is 10.9. The molecule has 0 bridgehead atoms. The number of carbonyl (C=O) groups excluding carboxylic acids is 2. The summed E-state index contributed by atoms with van der Waals surface area (Å²) in [6.45, 7) is 2.25. The molecule has 1 N–H and O–H groups in total. The van der Waals surface area contributed by atoms with Crippen LogP contribution in [0.2, 0.25) is 5.02 Å². The number of anilines is 1. The maximum atomic E-state index is 14.4. The van der Waals surface area contributed by atoms with Crippen molar-refractivity contribution in [3.8, 4) is 0 Å². The van der Waals surface area contributed by atoms with E-state index < -0.39 is 21.9 Å². The SMILES string of the molecule is CCNC(=O)[C@@H](Cc1ccccc1)N(Cc1cccc(Cl)c1)C(=O)CCCN(c1ccccc1F)S(C)(=O)=O. The molecule has 3 aromatic rings. The average molecular weight is 574 g/mol. The third-order valence-corrected chi connectivity index (χ3v) is 7.55. The van der Waals surface area contributed by atoms with Crippen LogP contribution in [0.15, 0.2) is 78.9 Å². The van der Waals surface area contributed by atoms with Crippen LogP contribution in [-0.4, -0.2) is 50.5 Å². The van der Waals surface area contributed by atoms with Crippen molar-refractivity contribution in [3.05, 3.63) is 101 Å². The number of para-hydroxylation sites is 1. The van der Waals surface area contributed by atoms with Gasteiger partial charge in [0.15, 0.2) is 0 Å². The van der Waals surface area contributed by atoms with Gasteiger partial charge in [-0.25, -0.2) is 12.8 Å². The Bertz CT molecular complexity index is 1370. The summed E-state index contributed by atoms with van der Waals surface area (Å²) in [5.74, 6) is -1.29. The molecule has 0 fully saturated rings. The topological polar surface area (TPSA) is 86.8 Å². The van der Waals surface area contributed by atoms with Crippen molar-refractivity contribution >= 4 is 39.1 Å². The molecule has 0 unspecified atom stereocenters. The van der Waals surface area contributed by atoms with Crippen LogP contribution < -0.4 is 9.62 Å². The molecular formula is C29H33ClFN3O4S. The second kappa shape index (κ2) is 14.1. The third-order valence-electron chi connectivity index (χ3n) is 6.14. The minimum absolute atomic E-state index is 0.0499. The van der Waals surface area contributed by atoms with Gasteiger partial charge in [-0.2, -0.15) is 0 Å². The Morgan fingerprint density at radius 2 is 1.64 bits per heavy atom. The minimum atomic E-state index is -3.80. The molecule has 208 valence electrons. The fourth-order valence-corrected chi connectivity index (χ4v) is 5.49. The van der Waals surface area contributed by atoms with E-state index in [9.17, 15) is 22.4 Å². The Balaban J connectivity index is 1.87. The number of hydrogen-bond donors (Lipinski definition) is 1. The minimum Gasteiger partial charge on any atom is -0.355 e. The lowest BCUT2D eigenvalue weighted by Gasteiger charge is -2.32. The standard InChI is InChI=1S/C29H33ClFN3O4S/c1-3-32-29(36)27(20-22-11-5-4-6-12-22)33(21-23-13-9-14-24(30)19-23)28(35)17-10-18-34(39(2,37)38)26-16-8-7-15-25(26)31/h4-9,11-16,19,27H,3,10,17-18,20-21H2,1-2H3,(H,32,36)/t27-/m1/s1. The van der Waals surface area contributed by atoms with E-state index in [-0.39, 0.29) is 43.4 Å². The van der Waals surface area contributed by atoms with Crippen LogP contribution in [-0.2, 0) is 32.6 Å². The van der Waals surface area contributed by atoms with Gasteiger partial charge in [0, 0.05) is 37.5 Å². The molecule has 39 heavy (non-hydrogen) atoms. The first-order valence-electron chi connectivity index (χ1n) is 12.7. The van der Waals surface area contributed by atoms with E-state index in [0.717, 1.165) is 21.7 Å². The van der Waals surface area contributed by atoms with Gasteiger partial charge in [0.25, 0.3) is 0 Å². The van der Waals surface area contributed by atoms with Crippen LogP contribution in [0.25, 0.3) is 0 Å². The third kappa shape index (κ3) is 8.80. The van der Waals surface area contributed by atoms with Gasteiger partial charge in [-0.15, -0.1) is 0 Å². The van der Waals surface area contributed by atoms with E-state index >= 15 is 0 Å². The summed E-state index contributed by atoms with van der Waals surface area (Å²) in [7, 11) is -3.80. The molecule has 1 atom stereocenters. The summed E-state index contributed by atoms with van der Waals surface area (Å²) in [6, 6.07) is 21.3. The number of sulfonamides is 1. The fourth-order valence-electron chi connectivity index (χ4n) is 4.31. The molecule has 0 aliphatic rings. The number of nitrogens with zero attached hydrogens (tertiary/aromatic N) is 2. The summed E-state index contributed by atoms with van der Waals surface area (Å²) in [4.78, 5) is 28.4. The molecule has 0 saturated heterocycles. The predicted molar refractivity (Wildman–Crippen MR) is 152 cm³/mol. The van der Waals surface area contributed by atoms with Crippen molar-refractivity contribution < 1.29 is 22.4 Å². The van der Waals surface area contributed by atoms with E-state index in [1.165, 1.54) is 23.1 Å². The zero-order chi connectivity index (χ0) is 28.4. The first-order chi connectivity index (χ1) is 18.6. The lowest BCUT2D eigenvalue weighted by Crippen LogP contribution is -2.50. The van der Waals surface area contributed by atoms with Crippen LogP contribution in [0.3, 0.4) is 0 Å². The van der Waals surface area contributed by atoms with Gasteiger partial charge < -0.3 is 10.2 Å². The van der Waals surface area contributed by atoms with E-state index in [1.54, 1.807) is 24.3 Å². The summed E-state index contributed by atoms with van der Waals surface area (Å²) >= 11 is 6.19. The maximum absolute atomic E-state index is 14.4. The van der Waals surface area contributed by atoms with Gasteiger partial charge in [0.2, 0.25) is 21.8 Å². The first-order valence-corrected chi connectivity index (χ1v) is 14.9. The molecule has 0 spiro atoms. The van der Waals surface area contributed by atoms with Crippen molar-refractivity contribution in [2.45, 2.75) is 38.8 Å². The number of benzene rings is 3. The highest BCUT2D eigenvalue weighted by Crippen LogP contribution is 2.23. The van der Waals surface area contributed by atoms with Gasteiger partial charge in [-0.05, 0) is 48.7 Å². The molecule has 7 nitrogen and oxygen atoms in total. The number of halogens is 2. The van der Waals surface area contributed by atoms with Crippen LogP contribution in [0.1, 0.15) is 30.9 Å². The molecular weight excluding hydrogens is 541 g/mol. The zero-order valence-corrected chi connectivity index (χ0v) is 23.6.